The zero-order valence-electron chi connectivity index (χ0n) is 14.9. The Hall–Kier alpha value is -3.08. The molecule has 0 radical (unpaired) electrons. The number of rotatable bonds is 7. The van der Waals surface area contributed by atoms with Gasteiger partial charge in [-0.1, -0.05) is 35.9 Å². The summed E-state index contributed by atoms with van der Waals surface area (Å²) in [4.78, 5) is 10.8. The summed E-state index contributed by atoms with van der Waals surface area (Å²) in [6, 6.07) is 14.0. The summed E-state index contributed by atoms with van der Waals surface area (Å²) in [6.07, 6.45) is 3.98. The fraction of sp³-hybridized carbons (Fsp3) is 0.238. The lowest BCUT2D eigenvalue weighted by molar-refractivity contribution is -0.136. The third-order valence-corrected chi connectivity index (χ3v) is 4.34. The van der Waals surface area contributed by atoms with Crippen LogP contribution in [0.5, 0.6) is 5.75 Å². The summed E-state index contributed by atoms with van der Waals surface area (Å²) in [5.41, 5.74) is 5.22. The van der Waals surface area contributed by atoms with E-state index in [0.717, 1.165) is 28.0 Å². The Labute approximate surface area is 152 Å². The molecule has 26 heavy (non-hydrogen) atoms. The van der Waals surface area contributed by atoms with E-state index >= 15 is 0 Å². The quantitative estimate of drug-likeness (QED) is 0.669. The molecular weight excluding hydrogens is 328 g/mol. The topological polar surface area (TPSA) is 75.2 Å². The smallest absolute Gasteiger partial charge is 0.303 e. The molecular formula is C21H22N2O3. The van der Waals surface area contributed by atoms with E-state index in [1.165, 1.54) is 5.56 Å². The van der Waals surface area contributed by atoms with Crippen molar-refractivity contribution in [2.45, 2.75) is 32.8 Å². The minimum absolute atomic E-state index is 0.127. The number of aromatic amines is 1. The van der Waals surface area contributed by atoms with Crippen molar-refractivity contribution in [1.82, 2.24) is 10.2 Å². The van der Waals surface area contributed by atoms with Crippen molar-refractivity contribution in [2.24, 2.45) is 0 Å². The average molecular weight is 350 g/mol. The third-order valence-electron chi connectivity index (χ3n) is 4.34. The average Bonchev–Trinajstić information content (AvgIpc) is 3.13. The van der Waals surface area contributed by atoms with E-state index < -0.39 is 5.97 Å². The van der Waals surface area contributed by atoms with Crippen LogP contribution in [-0.4, -0.2) is 21.3 Å². The molecule has 2 N–H and O–H groups in total. The highest BCUT2D eigenvalue weighted by Crippen LogP contribution is 2.29. The highest BCUT2D eigenvalue weighted by atomic mass is 16.5. The zero-order chi connectivity index (χ0) is 18.5. The van der Waals surface area contributed by atoms with E-state index in [1.54, 1.807) is 6.20 Å². The Kier molecular flexibility index (Phi) is 5.37. The standard InChI is InChI=1S/C21H22N2O3/c1-14-4-3-5-17(10-14)21(18-12-22-23-13-18)26-19-8-6-16(15(2)11-19)7-9-20(24)25/h3-6,8,10-13,21H,7,9H2,1-2H3,(H,22,23)(H,24,25). The Morgan fingerprint density at radius 1 is 1.19 bits per heavy atom. The van der Waals surface area contributed by atoms with E-state index in [0.29, 0.717) is 6.42 Å². The van der Waals surface area contributed by atoms with E-state index in [9.17, 15) is 4.79 Å². The van der Waals surface area contributed by atoms with Crippen molar-refractivity contribution in [3.8, 4) is 5.75 Å². The van der Waals surface area contributed by atoms with Gasteiger partial charge in [-0.2, -0.15) is 5.10 Å². The van der Waals surface area contributed by atoms with Gasteiger partial charge in [-0.05, 0) is 49.1 Å². The van der Waals surface area contributed by atoms with E-state index in [2.05, 4.69) is 29.3 Å². The summed E-state index contributed by atoms with van der Waals surface area (Å²) < 4.78 is 6.29. The molecule has 0 fully saturated rings. The predicted octanol–water partition coefficient (Wildman–Crippen LogP) is 4.21. The van der Waals surface area contributed by atoms with Crippen LogP contribution < -0.4 is 4.74 Å². The van der Waals surface area contributed by atoms with Gasteiger partial charge in [0.25, 0.3) is 0 Å². The third kappa shape index (κ3) is 4.30. The maximum absolute atomic E-state index is 10.8. The lowest BCUT2D eigenvalue weighted by Gasteiger charge is -2.20. The minimum atomic E-state index is -0.788. The minimum Gasteiger partial charge on any atom is -0.481 e. The highest BCUT2D eigenvalue weighted by Gasteiger charge is 2.18. The molecule has 0 aliphatic heterocycles. The van der Waals surface area contributed by atoms with Crippen molar-refractivity contribution in [3.05, 3.63) is 82.7 Å². The van der Waals surface area contributed by atoms with Crippen molar-refractivity contribution >= 4 is 5.97 Å². The zero-order valence-corrected chi connectivity index (χ0v) is 14.9. The Morgan fingerprint density at radius 2 is 2.04 bits per heavy atom. The molecule has 0 bridgehead atoms. The van der Waals surface area contributed by atoms with Crippen LogP contribution in [0, 0.1) is 13.8 Å². The van der Waals surface area contributed by atoms with Crippen molar-refractivity contribution in [3.63, 3.8) is 0 Å². The molecule has 1 aromatic heterocycles. The molecule has 0 saturated carbocycles. The Bertz CT molecular complexity index is 888. The molecule has 134 valence electrons. The van der Waals surface area contributed by atoms with Gasteiger partial charge in [-0.3, -0.25) is 9.89 Å². The van der Waals surface area contributed by atoms with Gasteiger partial charge < -0.3 is 9.84 Å². The number of hydrogen-bond donors (Lipinski definition) is 2. The molecule has 1 heterocycles. The summed E-state index contributed by atoms with van der Waals surface area (Å²) in [5, 5.41) is 15.7. The largest absolute Gasteiger partial charge is 0.481 e. The first-order chi connectivity index (χ1) is 12.5. The van der Waals surface area contributed by atoms with E-state index in [1.807, 2.05) is 43.5 Å². The van der Waals surface area contributed by atoms with Crippen LogP contribution in [0.25, 0.3) is 0 Å². The van der Waals surface area contributed by atoms with Crippen molar-refractivity contribution in [2.75, 3.05) is 0 Å². The van der Waals surface area contributed by atoms with Gasteiger partial charge in [0.2, 0.25) is 0 Å². The summed E-state index contributed by atoms with van der Waals surface area (Å²) in [5.74, 6) is -0.0431. The molecule has 3 rings (SSSR count). The monoisotopic (exact) mass is 350 g/mol. The second kappa shape index (κ2) is 7.87. The fourth-order valence-electron chi connectivity index (χ4n) is 2.97. The highest BCUT2D eigenvalue weighted by molar-refractivity contribution is 5.67. The van der Waals surface area contributed by atoms with Crippen molar-refractivity contribution in [1.29, 1.82) is 0 Å². The number of H-pyrrole nitrogens is 1. The van der Waals surface area contributed by atoms with E-state index in [4.69, 9.17) is 9.84 Å². The number of nitrogens with zero attached hydrogens (tertiary/aromatic N) is 1. The first kappa shape index (κ1) is 17.7. The fourth-order valence-corrected chi connectivity index (χ4v) is 2.97. The molecule has 3 aromatic rings. The van der Waals surface area contributed by atoms with Crippen LogP contribution in [-0.2, 0) is 11.2 Å². The molecule has 0 aliphatic carbocycles. The maximum atomic E-state index is 10.8. The van der Waals surface area contributed by atoms with Gasteiger partial charge in [-0.15, -0.1) is 0 Å². The van der Waals surface area contributed by atoms with Gasteiger partial charge in [0.15, 0.2) is 6.10 Å². The second-order valence-corrected chi connectivity index (χ2v) is 6.43. The van der Waals surface area contributed by atoms with E-state index in [-0.39, 0.29) is 12.5 Å². The van der Waals surface area contributed by atoms with Crippen LogP contribution in [0.15, 0.2) is 54.9 Å². The number of aromatic nitrogens is 2. The second-order valence-electron chi connectivity index (χ2n) is 6.43. The molecule has 5 heteroatoms. The molecule has 1 atom stereocenters. The lowest BCUT2D eigenvalue weighted by Crippen LogP contribution is -2.09. The molecule has 0 amide bonds. The van der Waals surface area contributed by atoms with Crippen molar-refractivity contribution < 1.29 is 14.6 Å². The van der Waals surface area contributed by atoms with Gasteiger partial charge in [-0.25, -0.2) is 0 Å². The lowest BCUT2D eigenvalue weighted by atomic mass is 10.0. The molecule has 5 nitrogen and oxygen atoms in total. The Morgan fingerprint density at radius 3 is 2.69 bits per heavy atom. The SMILES string of the molecule is Cc1cccc(C(Oc2ccc(CCC(=O)O)c(C)c2)c2cn[nH]c2)c1. The number of aliphatic carboxylic acids is 1. The van der Waals surface area contributed by atoms with Crippen LogP contribution in [0.4, 0.5) is 0 Å². The first-order valence-electron chi connectivity index (χ1n) is 8.56. The normalized spacial score (nSPS) is 11.9. The summed E-state index contributed by atoms with van der Waals surface area (Å²) in [6.45, 7) is 4.03. The molecule has 0 saturated heterocycles. The van der Waals surface area contributed by atoms with Gasteiger partial charge >= 0.3 is 5.97 Å². The first-order valence-corrected chi connectivity index (χ1v) is 8.56. The Balaban J connectivity index is 1.85. The number of carboxylic acid groups (broad SMARTS) is 1. The molecule has 2 aromatic carbocycles. The summed E-state index contributed by atoms with van der Waals surface area (Å²) >= 11 is 0. The number of nitrogens with one attached hydrogen (secondary N) is 1. The maximum Gasteiger partial charge on any atom is 0.303 e. The van der Waals surface area contributed by atoms with Gasteiger partial charge in [0, 0.05) is 18.2 Å². The molecule has 0 spiro atoms. The van der Waals surface area contributed by atoms with Crippen LogP contribution >= 0.6 is 0 Å². The molecule has 1 unspecified atom stereocenters. The number of carboxylic acids is 1. The number of hydrogen-bond acceptors (Lipinski definition) is 3. The predicted molar refractivity (Wildman–Crippen MR) is 99.4 cm³/mol. The van der Waals surface area contributed by atoms with Gasteiger partial charge in [0.1, 0.15) is 5.75 Å². The summed E-state index contributed by atoms with van der Waals surface area (Å²) in [7, 11) is 0. The number of benzene rings is 2. The van der Waals surface area contributed by atoms with Crippen LogP contribution in [0.3, 0.4) is 0 Å². The number of ether oxygens (including phenoxy) is 1. The van der Waals surface area contributed by atoms with Crippen LogP contribution in [0.2, 0.25) is 0 Å². The number of carbonyl (C=O) groups is 1. The van der Waals surface area contributed by atoms with Gasteiger partial charge in [0.05, 0.1) is 6.20 Å². The van der Waals surface area contributed by atoms with Crippen LogP contribution in [0.1, 0.15) is 40.3 Å². The number of aryl methyl sites for hydroxylation is 3. The molecule has 0 aliphatic rings.